The smallest absolute Gasteiger partial charge is 0.239 e. The van der Waals surface area contributed by atoms with Crippen molar-refractivity contribution in [1.82, 2.24) is 14.5 Å². The van der Waals surface area contributed by atoms with E-state index in [1.165, 1.54) is 0 Å². The molecule has 0 saturated carbocycles. The molecule has 1 aliphatic heterocycles. The number of rotatable bonds is 4. The molecule has 5 nitrogen and oxygen atoms in total. The van der Waals surface area contributed by atoms with Crippen LogP contribution in [0, 0.1) is 0 Å². The van der Waals surface area contributed by atoms with E-state index < -0.39 is 0 Å². The second-order valence-electron chi connectivity index (χ2n) is 4.18. The molecule has 1 atom stereocenters. The highest BCUT2D eigenvalue weighted by Crippen LogP contribution is 2.12. The molecule has 0 bridgehead atoms. The van der Waals surface area contributed by atoms with E-state index in [-0.39, 0.29) is 11.9 Å². The second-order valence-corrected chi connectivity index (χ2v) is 5.17. The molecule has 0 aliphatic carbocycles. The number of fused-ring (bicyclic) bond motifs is 1. The molecule has 2 rings (SSSR count). The maximum absolute atomic E-state index is 12.1. The molecule has 17 heavy (non-hydrogen) atoms. The summed E-state index contributed by atoms with van der Waals surface area (Å²) in [6, 6.07) is -0.371. The molecule has 1 aliphatic rings. The molecule has 1 amide bonds. The van der Waals surface area contributed by atoms with E-state index in [9.17, 15) is 4.79 Å². The van der Waals surface area contributed by atoms with Crippen molar-refractivity contribution in [2.24, 2.45) is 5.73 Å². The summed E-state index contributed by atoms with van der Waals surface area (Å²) in [5, 5.41) is 0. The third-order valence-corrected chi connectivity index (χ3v) is 3.65. The molecule has 0 saturated heterocycles. The fraction of sp³-hybridized carbons (Fsp3) is 0.636. The molecule has 0 unspecified atom stereocenters. The summed E-state index contributed by atoms with van der Waals surface area (Å²) in [5.41, 5.74) is 5.90. The van der Waals surface area contributed by atoms with Crippen molar-refractivity contribution < 1.29 is 4.79 Å². The Labute approximate surface area is 105 Å². The van der Waals surface area contributed by atoms with Crippen LogP contribution in [0.1, 0.15) is 12.2 Å². The molecule has 0 radical (unpaired) electrons. The Morgan fingerprint density at radius 1 is 1.65 bits per heavy atom. The van der Waals surface area contributed by atoms with Gasteiger partial charge in [0.2, 0.25) is 5.91 Å². The zero-order chi connectivity index (χ0) is 12.3. The topological polar surface area (TPSA) is 64.2 Å². The van der Waals surface area contributed by atoms with Gasteiger partial charge in [-0.25, -0.2) is 4.98 Å². The van der Waals surface area contributed by atoms with E-state index in [1.807, 2.05) is 17.4 Å². The number of nitrogens with zero attached hydrogens (tertiary/aromatic N) is 3. The number of amides is 1. The van der Waals surface area contributed by atoms with E-state index in [1.54, 1.807) is 18.0 Å². The molecule has 0 spiro atoms. The van der Waals surface area contributed by atoms with Crippen molar-refractivity contribution in [2.45, 2.75) is 25.6 Å². The Balaban J connectivity index is 1.93. The van der Waals surface area contributed by atoms with Crippen LogP contribution in [0.3, 0.4) is 0 Å². The molecule has 6 heteroatoms. The van der Waals surface area contributed by atoms with Crippen molar-refractivity contribution in [1.29, 1.82) is 0 Å². The Morgan fingerprint density at radius 2 is 2.47 bits per heavy atom. The van der Waals surface area contributed by atoms with Crippen molar-refractivity contribution in [3.8, 4) is 0 Å². The first-order valence-electron chi connectivity index (χ1n) is 5.75. The maximum Gasteiger partial charge on any atom is 0.239 e. The second kappa shape index (κ2) is 5.55. The normalized spacial score (nSPS) is 16.7. The Kier molecular flexibility index (Phi) is 4.06. The number of thioether (sulfide) groups is 1. The Hall–Kier alpha value is -1.01. The summed E-state index contributed by atoms with van der Waals surface area (Å²) in [5.74, 6) is 1.92. The fourth-order valence-electron chi connectivity index (χ4n) is 1.96. The van der Waals surface area contributed by atoms with E-state index in [4.69, 9.17) is 5.73 Å². The molecule has 94 valence electrons. The molecular weight excluding hydrogens is 236 g/mol. The van der Waals surface area contributed by atoms with Gasteiger partial charge in [-0.1, -0.05) is 0 Å². The van der Waals surface area contributed by atoms with Crippen LogP contribution in [0.5, 0.6) is 0 Å². The van der Waals surface area contributed by atoms with Crippen LogP contribution in [-0.2, 0) is 17.9 Å². The molecular formula is C11H18N4OS. The first-order chi connectivity index (χ1) is 8.22. The van der Waals surface area contributed by atoms with Crippen molar-refractivity contribution in [3.63, 3.8) is 0 Å². The van der Waals surface area contributed by atoms with Crippen molar-refractivity contribution >= 4 is 17.7 Å². The van der Waals surface area contributed by atoms with Gasteiger partial charge in [0, 0.05) is 25.5 Å². The molecule has 2 N–H and O–H groups in total. The summed E-state index contributed by atoms with van der Waals surface area (Å²) in [4.78, 5) is 18.1. The molecule has 0 fully saturated rings. The van der Waals surface area contributed by atoms with Crippen LogP contribution in [0.15, 0.2) is 12.4 Å². The number of carbonyl (C=O) groups excluding carboxylic acids is 1. The lowest BCUT2D eigenvalue weighted by Gasteiger charge is -2.29. The number of nitrogens with two attached hydrogens (primary N) is 1. The summed E-state index contributed by atoms with van der Waals surface area (Å²) in [6.45, 7) is 2.13. The zero-order valence-electron chi connectivity index (χ0n) is 10.0. The molecule has 1 aromatic heterocycles. The lowest BCUT2D eigenvalue weighted by molar-refractivity contribution is -0.134. The van der Waals surface area contributed by atoms with Gasteiger partial charge in [0.25, 0.3) is 0 Å². The van der Waals surface area contributed by atoms with Crippen LogP contribution in [-0.4, -0.2) is 45.0 Å². The maximum atomic E-state index is 12.1. The van der Waals surface area contributed by atoms with Gasteiger partial charge in [-0.05, 0) is 18.4 Å². The summed E-state index contributed by atoms with van der Waals surface area (Å²) < 4.78 is 2.08. The largest absolute Gasteiger partial charge is 0.332 e. The van der Waals surface area contributed by atoms with E-state index >= 15 is 0 Å². The van der Waals surface area contributed by atoms with E-state index in [0.717, 1.165) is 31.1 Å². The lowest BCUT2D eigenvalue weighted by atomic mass is 10.2. The van der Waals surface area contributed by atoms with Gasteiger partial charge in [0.05, 0.1) is 12.6 Å². The minimum absolute atomic E-state index is 0.0494. The Morgan fingerprint density at radius 3 is 3.24 bits per heavy atom. The molecule has 1 aromatic rings. The average molecular weight is 254 g/mol. The van der Waals surface area contributed by atoms with Crippen molar-refractivity contribution in [2.75, 3.05) is 18.6 Å². The number of imidazole rings is 1. The van der Waals surface area contributed by atoms with Crippen molar-refractivity contribution in [3.05, 3.63) is 18.2 Å². The highest BCUT2D eigenvalue weighted by molar-refractivity contribution is 7.98. The summed E-state index contributed by atoms with van der Waals surface area (Å²) >= 11 is 1.72. The lowest BCUT2D eigenvalue weighted by Crippen LogP contribution is -2.47. The number of hydrogen-bond acceptors (Lipinski definition) is 4. The minimum Gasteiger partial charge on any atom is -0.332 e. The van der Waals surface area contributed by atoms with Gasteiger partial charge in [-0.3, -0.25) is 4.79 Å². The summed E-state index contributed by atoms with van der Waals surface area (Å²) in [6.07, 6.45) is 6.49. The SMILES string of the molecule is CSCC[C@H](N)C(=O)N1CCn2ccnc2C1. The highest BCUT2D eigenvalue weighted by atomic mass is 32.2. The average Bonchev–Trinajstić information content (AvgIpc) is 2.81. The predicted molar refractivity (Wildman–Crippen MR) is 68.6 cm³/mol. The first kappa shape index (κ1) is 12.4. The number of aromatic nitrogens is 2. The van der Waals surface area contributed by atoms with Gasteiger partial charge in [-0.2, -0.15) is 11.8 Å². The third kappa shape index (κ3) is 2.81. The van der Waals surface area contributed by atoms with E-state index in [0.29, 0.717) is 6.54 Å². The van der Waals surface area contributed by atoms with Crippen LogP contribution in [0.25, 0.3) is 0 Å². The third-order valence-electron chi connectivity index (χ3n) is 3.01. The highest BCUT2D eigenvalue weighted by Gasteiger charge is 2.24. The van der Waals surface area contributed by atoms with Crippen LogP contribution < -0.4 is 5.73 Å². The quantitative estimate of drug-likeness (QED) is 0.839. The van der Waals surface area contributed by atoms with Gasteiger partial charge < -0.3 is 15.2 Å². The molecule has 2 heterocycles. The predicted octanol–water partition coefficient (Wildman–Crippen LogP) is 0.306. The van der Waals surface area contributed by atoms with Gasteiger partial charge >= 0.3 is 0 Å². The first-order valence-corrected chi connectivity index (χ1v) is 7.15. The zero-order valence-corrected chi connectivity index (χ0v) is 10.8. The fourth-order valence-corrected chi connectivity index (χ4v) is 2.45. The minimum atomic E-state index is -0.371. The number of carbonyl (C=O) groups is 1. The van der Waals surface area contributed by atoms with E-state index in [2.05, 4.69) is 9.55 Å². The Bertz CT molecular complexity index is 393. The van der Waals surface area contributed by atoms with Gasteiger partial charge in [0.15, 0.2) is 0 Å². The van der Waals surface area contributed by atoms with Crippen LogP contribution in [0.2, 0.25) is 0 Å². The molecule has 0 aromatic carbocycles. The van der Waals surface area contributed by atoms with Gasteiger partial charge in [0.1, 0.15) is 5.82 Å². The standard InChI is InChI=1S/C11H18N4OS/c1-17-7-2-9(12)11(16)15-6-5-14-4-3-13-10(14)8-15/h3-4,9H,2,5-8,12H2,1H3/t9-/m0/s1. The van der Waals surface area contributed by atoms with Gasteiger partial charge in [-0.15, -0.1) is 0 Å². The number of hydrogen-bond donors (Lipinski definition) is 1. The monoisotopic (exact) mass is 254 g/mol. The summed E-state index contributed by atoms with van der Waals surface area (Å²) in [7, 11) is 0. The van der Waals surface area contributed by atoms with Crippen LogP contribution in [0.4, 0.5) is 0 Å². The van der Waals surface area contributed by atoms with Crippen LogP contribution >= 0.6 is 11.8 Å².